The van der Waals surface area contributed by atoms with Crippen molar-refractivity contribution in [3.63, 3.8) is 0 Å². The topological polar surface area (TPSA) is 58.6 Å². The average Bonchev–Trinajstić information content (AvgIpc) is 2.86. The van der Waals surface area contributed by atoms with E-state index in [2.05, 4.69) is 43.4 Å². The number of carboxylic acid groups (broad SMARTS) is 1. The predicted molar refractivity (Wildman–Crippen MR) is 87.8 cm³/mol. The van der Waals surface area contributed by atoms with Crippen molar-refractivity contribution >= 4 is 5.97 Å². The Morgan fingerprint density at radius 1 is 1.16 bits per heavy atom. The van der Waals surface area contributed by atoms with Gasteiger partial charge in [-0.1, -0.05) is 26.0 Å². The van der Waals surface area contributed by atoms with E-state index in [1.807, 2.05) is 0 Å². The summed E-state index contributed by atoms with van der Waals surface area (Å²) in [5.41, 5.74) is 1.38. The van der Waals surface area contributed by atoms with E-state index in [0.717, 1.165) is 5.75 Å². The van der Waals surface area contributed by atoms with E-state index in [-0.39, 0.29) is 0 Å². The molecule has 1 aromatic rings. The Labute approximate surface area is 145 Å². The molecular weight excluding hydrogens is 335 g/mol. The Morgan fingerprint density at radius 3 is 2.04 bits per heavy atom. The largest absolute Gasteiger partial charge is 0.490 e. The monoisotopic (exact) mass is 359 g/mol. The quantitative estimate of drug-likeness (QED) is 0.853. The summed E-state index contributed by atoms with van der Waals surface area (Å²) in [6.45, 7) is 4.45. The van der Waals surface area contributed by atoms with Crippen LogP contribution in [0, 0.1) is 0 Å². The minimum absolute atomic E-state index is 0.411. The van der Waals surface area contributed by atoms with Crippen molar-refractivity contribution < 1.29 is 27.8 Å². The first-order valence-electron chi connectivity index (χ1n) is 8.48. The number of aliphatic carboxylic acids is 1. The zero-order valence-electron chi connectivity index (χ0n) is 14.3. The molecule has 0 aliphatic carbocycles. The minimum atomic E-state index is -5.08. The summed E-state index contributed by atoms with van der Waals surface area (Å²) in [6.07, 6.45) is 0.326. The number of hydrogen-bond acceptors (Lipinski definition) is 3. The number of ether oxygens (including phenoxy) is 1. The second kappa shape index (κ2) is 8.08. The molecule has 2 aliphatic heterocycles. The van der Waals surface area contributed by atoms with Gasteiger partial charge in [-0.25, -0.2) is 4.79 Å². The van der Waals surface area contributed by atoms with Gasteiger partial charge < -0.3 is 15.2 Å². The Hall–Kier alpha value is -1.76. The average molecular weight is 359 g/mol. The van der Waals surface area contributed by atoms with Crippen LogP contribution >= 0.6 is 0 Å². The smallest absolute Gasteiger partial charge is 0.490 e. The van der Waals surface area contributed by atoms with E-state index < -0.39 is 12.1 Å². The van der Waals surface area contributed by atoms with Gasteiger partial charge in [-0.15, -0.1) is 0 Å². The van der Waals surface area contributed by atoms with Crippen LogP contribution in [0.2, 0.25) is 0 Å². The summed E-state index contributed by atoms with van der Waals surface area (Å²) in [6, 6.07) is 10.0. The molecule has 2 aliphatic rings. The maximum Gasteiger partial charge on any atom is 0.490 e. The van der Waals surface area contributed by atoms with E-state index in [9.17, 15) is 13.2 Å². The summed E-state index contributed by atoms with van der Waals surface area (Å²) in [7, 11) is 0. The predicted octanol–water partition coefficient (Wildman–Crippen LogP) is 4.11. The second-order valence-electron chi connectivity index (χ2n) is 6.88. The van der Waals surface area contributed by atoms with Crippen molar-refractivity contribution in [2.75, 3.05) is 0 Å². The van der Waals surface area contributed by atoms with Crippen LogP contribution < -0.4 is 10.1 Å². The number of nitrogens with one attached hydrogen (secondary N) is 1. The lowest BCUT2D eigenvalue weighted by molar-refractivity contribution is -0.192. The minimum Gasteiger partial charge on any atom is -0.490 e. The number of piperidine rings is 1. The first kappa shape index (κ1) is 19.6. The number of benzene rings is 1. The van der Waals surface area contributed by atoms with E-state index in [4.69, 9.17) is 14.6 Å². The van der Waals surface area contributed by atoms with Gasteiger partial charge in [0.2, 0.25) is 0 Å². The molecule has 25 heavy (non-hydrogen) atoms. The van der Waals surface area contributed by atoms with Crippen molar-refractivity contribution in [1.82, 2.24) is 5.32 Å². The van der Waals surface area contributed by atoms with Crippen LogP contribution in [0.3, 0.4) is 0 Å². The van der Waals surface area contributed by atoms with Gasteiger partial charge in [0, 0.05) is 12.1 Å². The fourth-order valence-corrected chi connectivity index (χ4v) is 3.23. The van der Waals surface area contributed by atoms with E-state index in [0.29, 0.717) is 24.1 Å². The highest BCUT2D eigenvalue weighted by atomic mass is 19.4. The molecule has 0 saturated carbocycles. The molecule has 1 aromatic carbocycles. The molecular formula is C18H24F3NO3. The lowest BCUT2D eigenvalue weighted by atomic mass is 10.0. The molecule has 2 bridgehead atoms. The fraction of sp³-hybridized carbons (Fsp3) is 0.611. The summed E-state index contributed by atoms with van der Waals surface area (Å²) in [5, 5.41) is 10.8. The summed E-state index contributed by atoms with van der Waals surface area (Å²) >= 11 is 0. The van der Waals surface area contributed by atoms with Gasteiger partial charge in [-0.2, -0.15) is 13.2 Å². The molecule has 0 radical (unpaired) electrons. The van der Waals surface area contributed by atoms with Gasteiger partial charge in [0.05, 0.1) is 0 Å². The van der Waals surface area contributed by atoms with Crippen LogP contribution in [0.1, 0.15) is 51.0 Å². The maximum absolute atomic E-state index is 10.6. The molecule has 4 nitrogen and oxygen atoms in total. The Balaban J connectivity index is 0.000000277. The third kappa shape index (κ3) is 5.92. The Kier molecular flexibility index (Phi) is 6.32. The van der Waals surface area contributed by atoms with Crippen LogP contribution in [0.15, 0.2) is 24.3 Å². The molecule has 0 amide bonds. The molecule has 0 aromatic heterocycles. The molecule has 7 heteroatoms. The molecule has 0 spiro atoms. The molecule has 3 rings (SSSR count). The van der Waals surface area contributed by atoms with Crippen LogP contribution in [-0.2, 0) is 4.79 Å². The van der Waals surface area contributed by atoms with Crippen molar-refractivity contribution in [1.29, 1.82) is 0 Å². The normalized spacial score (nSPS) is 25.3. The third-order valence-electron chi connectivity index (χ3n) is 4.52. The highest BCUT2D eigenvalue weighted by molar-refractivity contribution is 5.73. The van der Waals surface area contributed by atoms with Gasteiger partial charge in [-0.05, 0) is 49.3 Å². The van der Waals surface area contributed by atoms with Gasteiger partial charge in [0.15, 0.2) is 0 Å². The zero-order chi connectivity index (χ0) is 18.6. The van der Waals surface area contributed by atoms with Crippen LogP contribution in [-0.4, -0.2) is 35.4 Å². The van der Waals surface area contributed by atoms with Crippen molar-refractivity contribution in [2.24, 2.45) is 0 Å². The highest BCUT2D eigenvalue weighted by Gasteiger charge is 2.38. The Bertz CT molecular complexity index is 560. The van der Waals surface area contributed by atoms with Crippen molar-refractivity contribution in [3.8, 4) is 5.75 Å². The van der Waals surface area contributed by atoms with E-state index in [1.165, 1.54) is 31.2 Å². The molecule has 2 N–H and O–H groups in total. The van der Waals surface area contributed by atoms with Gasteiger partial charge in [0.1, 0.15) is 11.9 Å². The van der Waals surface area contributed by atoms with Crippen LogP contribution in [0.5, 0.6) is 5.75 Å². The summed E-state index contributed by atoms with van der Waals surface area (Å²) in [5.74, 6) is -1.13. The first-order valence-corrected chi connectivity index (χ1v) is 8.48. The lowest BCUT2D eigenvalue weighted by Crippen LogP contribution is -2.42. The lowest BCUT2D eigenvalue weighted by Gasteiger charge is -2.29. The van der Waals surface area contributed by atoms with Gasteiger partial charge in [0.25, 0.3) is 0 Å². The van der Waals surface area contributed by atoms with Crippen LogP contribution in [0.25, 0.3) is 0 Å². The summed E-state index contributed by atoms with van der Waals surface area (Å²) in [4.78, 5) is 8.90. The van der Waals surface area contributed by atoms with E-state index >= 15 is 0 Å². The summed E-state index contributed by atoms with van der Waals surface area (Å²) < 4.78 is 37.9. The molecule has 2 saturated heterocycles. The van der Waals surface area contributed by atoms with E-state index in [1.54, 1.807) is 0 Å². The number of halogens is 3. The number of carboxylic acids is 1. The first-order chi connectivity index (χ1) is 11.6. The molecule has 140 valence electrons. The SMILES string of the molecule is CC(C)c1ccc(OC2C[C@H]3CC[C@@H](C2)N3)cc1.O=C(O)C(F)(F)F. The zero-order valence-corrected chi connectivity index (χ0v) is 14.3. The second-order valence-corrected chi connectivity index (χ2v) is 6.88. The van der Waals surface area contributed by atoms with Crippen molar-refractivity contribution in [3.05, 3.63) is 29.8 Å². The number of hydrogen-bond donors (Lipinski definition) is 2. The molecule has 2 fully saturated rings. The van der Waals surface area contributed by atoms with Crippen LogP contribution in [0.4, 0.5) is 13.2 Å². The number of carbonyl (C=O) groups is 1. The third-order valence-corrected chi connectivity index (χ3v) is 4.52. The maximum atomic E-state index is 10.6. The van der Waals surface area contributed by atoms with Crippen molar-refractivity contribution in [2.45, 2.75) is 69.8 Å². The Morgan fingerprint density at radius 2 is 1.64 bits per heavy atom. The highest BCUT2D eigenvalue weighted by Crippen LogP contribution is 2.30. The molecule has 2 heterocycles. The molecule has 1 unspecified atom stereocenters. The number of fused-ring (bicyclic) bond motifs is 2. The number of rotatable bonds is 3. The fourth-order valence-electron chi connectivity index (χ4n) is 3.23. The van der Waals surface area contributed by atoms with Gasteiger partial charge >= 0.3 is 12.1 Å². The standard InChI is InChI=1S/C16H23NO.C2HF3O2/c1-11(2)12-3-7-15(8-4-12)18-16-9-13-5-6-14(10-16)17-13;3-2(4,5)1(6)7/h3-4,7-8,11,13-14,16-17H,5-6,9-10H2,1-2H3;(H,6,7)/t13-,14+,16?;. The molecule has 3 atom stereocenters. The van der Waals surface area contributed by atoms with Gasteiger partial charge in [-0.3, -0.25) is 0 Å². The number of alkyl halides is 3.